The van der Waals surface area contributed by atoms with Gasteiger partial charge < -0.3 is 14.6 Å². The van der Waals surface area contributed by atoms with E-state index in [0.717, 1.165) is 15.8 Å². The van der Waals surface area contributed by atoms with Crippen molar-refractivity contribution < 1.29 is 14.1 Å². The van der Waals surface area contributed by atoms with Gasteiger partial charge in [0.25, 0.3) is 5.91 Å². The molecule has 0 aliphatic heterocycles. The molecule has 0 unspecified atom stereocenters. The average Bonchev–Trinajstić information content (AvgIpc) is 2.99. The highest BCUT2D eigenvalue weighted by molar-refractivity contribution is 9.10. The molecule has 1 N–H and O–H groups in total. The van der Waals surface area contributed by atoms with Gasteiger partial charge in [0.1, 0.15) is 22.8 Å². The Morgan fingerprint density at radius 3 is 2.48 bits per heavy atom. The highest BCUT2D eigenvalue weighted by Gasteiger charge is 2.21. The molecule has 3 aromatic rings. The van der Waals surface area contributed by atoms with E-state index in [2.05, 4.69) is 26.4 Å². The van der Waals surface area contributed by atoms with E-state index in [0.29, 0.717) is 29.3 Å². The maximum atomic E-state index is 12.7. The van der Waals surface area contributed by atoms with E-state index in [1.165, 1.54) is 0 Å². The van der Waals surface area contributed by atoms with Gasteiger partial charge in [0.15, 0.2) is 0 Å². The third-order valence-corrected chi connectivity index (χ3v) is 4.16. The van der Waals surface area contributed by atoms with Crippen LogP contribution in [0.25, 0.3) is 11.3 Å². The fourth-order valence-electron chi connectivity index (χ4n) is 2.44. The van der Waals surface area contributed by atoms with E-state index in [1.54, 1.807) is 19.1 Å². The number of anilines is 1. The van der Waals surface area contributed by atoms with E-state index in [1.807, 2.05) is 43.3 Å². The lowest BCUT2D eigenvalue weighted by atomic mass is 10.1. The Kier molecular flexibility index (Phi) is 5.19. The number of carbonyl (C=O) groups excluding carboxylic acids is 1. The number of carbonyl (C=O) groups is 1. The molecular weight excluding hydrogens is 384 g/mol. The van der Waals surface area contributed by atoms with Crippen LogP contribution >= 0.6 is 15.9 Å². The van der Waals surface area contributed by atoms with Crippen molar-refractivity contribution in [3.63, 3.8) is 0 Å². The summed E-state index contributed by atoms with van der Waals surface area (Å²) >= 11 is 3.40. The number of rotatable bonds is 5. The van der Waals surface area contributed by atoms with Gasteiger partial charge in [0, 0.05) is 15.7 Å². The SMILES string of the molecule is CCOc1ccc(NC(=O)c2c(-c3ccc(Br)cc3)noc2C)cc1. The van der Waals surface area contributed by atoms with E-state index < -0.39 is 0 Å². The van der Waals surface area contributed by atoms with Crippen molar-refractivity contribution in [3.8, 4) is 17.0 Å². The normalized spacial score (nSPS) is 10.5. The number of benzene rings is 2. The van der Waals surface area contributed by atoms with Gasteiger partial charge in [-0.05, 0) is 50.2 Å². The van der Waals surface area contributed by atoms with Gasteiger partial charge in [0.05, 0.1) is 6.61 Å². The third kappa shape index (κ3) is 3.91. The maximum absolute atomic E-state index is 12.7. The van der Waals surface area contributed by atoms with Gasteiger partial charge >= 0.3 is 0 Å². The molecule has 0 radical (unpaired) electrons. The predicted molar refractivity (Wildman–Crippen MR) is 99.9 cm³/mol. The Hall–Kier alpha value is -2.60. The molecule has 5 nitrogen and oxygen atoms in total. The van der Waals surface area contributed by atoms with E-state index in [4.69, 9.17) is 9.26 Å². The molecule has 0 spiro atoms. The molecule has 0 aliphatic carbocycles. The molecule has 6 heteroatoms. The number of ether oxygens (including phenoxy) is 1. The lowest BCUT2D eigenvalue weighted by molar-refractivity contribution is 0.102. The van der Waals surface area contributed by atoms with Crippen molar-refractivity contribution in [3.05, 3.63) is 64.3 Å². The van der Waals surface area contributed by atoms with Crippen molar-refractivity contribution in [2.45, 2.75) is 13.8 Å². The van der Waals surface area contributed by atoms with Crippen molar-refractivity contribution in [1.82, 2.24) is 5.16 Å². The molecule has 1 heterocycles. The van der Waals surface area contributed by atoms with Crippen LogP contribution in [0.5, 0.6) is 5.75 Å². The van der Waals surface area contributed by atoms with Gasteiger partial charge in [0.2, 0.25) is 0 Å². The Morgan fingerprint density at radius 2 is 1.84 bits per heavy atom. The van der Waals surface area contributed by atoms with Crippen molar-refractivity contribution in [2.24, 2.45) is 0 Å². The molecule has 1 amide bonds. The second-order valence-electron chi connectivity index (χ2n) is 5.38. The van der Waals surface area contributed by atoms with Crippen LogP contribution in [0.2, 0.25) is 0 Å². The molecule has 3 rings (SSSR count). The summed E-state index contributed by atoms with van der Waals surface area (Å²) in [5, 5.41) is 6.92. The summed E-state index contributed by atoms with van der Waals surface area (Å²) in [5.41, 5.74) is 2.44. The monoisotopic (exact) mass is 400 g/mol. The van der Waals surface area contributed by atoms with Crippen LogP contribution in [0.3, 0.4) is 0 Å². The number of amides is 1. The zero-order chi connectivity index (χ0) is 17.8. The maximum Gasteiger partial charge on any atom is 0.261 e. The molecule has 0 saturated carbocycles. The summed E-state index contributed by atoms with van der Waals surface area (Å²) < 4.78 is 11.6. The van der Waals surface area contributed by atoms with Gasteiger partial charge in [-0.2, -0.15) is 0 Å². The number of hydrogen-bond acceptors (Lipinski definition) is 4. The van der Waals surface area contributed by atoms with Crippen LogP contribution in [0.15, 0.2) is 57.5 Å². The summed E-state index contributed by atoms with van der Waals surface area (Å²) in [6.07, 6.45) is 0. The summed E-state index contributed by atoms with van der Waals surface area (Å²) in [5.74, 6) is 0.972. The van der Waals surface area contributed by atoms with Crippen LogP contribution in [-0.4, -0.2) is 17.7 Å². The quantitative estimate of drug-likeness (QED) is 0.649. The molecule has 0 aliphatic rings. The molecule has 128 valence electrons. The summed E-state index contributed by atoms with van der Waals surface area (Å²) in [4.78, 5) is 12.7. The van der Waals surface area contributed by atoms with Gasteiger partial charge in [-0.25, -0.2) is 0 Å². The number of aryl methyl sites for hydroxylation is 1. The molecule has 0 bridgehead atoms. The van der Waals surface area contributed by atoms with Crippen LogP contribution in [0.4, 0.5) is 5.69 Å². The number of nitrogens with one attached hydrogen (secondary N) is 1. The molecule has 2 aromatic carbocycles. The fourth-order valence-corrected chi connectivity index (χ4v) is 2.70. The minimum absolute atomic E-state index is 0.263. The molecule has 25 heavy (non-hydrogen) atoms. The van der Waals surface area contributed by atoms with Crippen molar-refractivity contribution in [1.29, 1.82) is 0 Å². The minimum Gasteiger partial charge on any atom is -0.494 e. The molecule has 1 aromatic heterocycles. The fraction of sp³-hybridized carbons (Fsp3) is 0.158. The lowest BCUT2D eigenvalue weighted by Gasteiger charge is -2.07. The summed E-state index contributed by atoms with van der Waals surface area (Å²) in [6.45, 7) is 4.25. The average molecular weight is 401 g/mol. The largest absolute Gasteiger partial charge is 0.494 e. The van der Waals surface area contributed by atoms with E-state index in [9.17, 15) is 4.79 Å². The Bertz CT molecular complexity index is 871. The topological polar surface area (TPSA) is 64.4 Å². The first-order valence-electron chi connectivity index (χ1n) is 7.85. The molecule has 0 fully saturated rings. The smallest absolute Gasteiger partial charge is 0.261 e. The lowest BCUT2D eigenvalue weighted by Crippen LogP contribution is -2.13. The second-order valence-corrected chi connectivity index (χ2v) is 6.30. The highest BCUT2D eigenvalue weighted by atomic mass is 79.9. The number of aromatic nitrogens is 1. The Morgan fingerprint density at radius 1 is 1.16 bits per heavy atom. The van der Waals surface area contributed by atoms with Crippen LogP contribution in [0.1, 0.15) is 23.0 Å². The first-order chi connectivity index (χ1) is 12.1. The van der Waals surface area contributed by atoms with Crippen molar-refractivity contribution in [2.75, 3.05) is 11.9 Å². The van der Waals surface area contributed by atoms with Gasteiger partial charge in [-0.15, -0.1) is 0 Å². The third-order valence-electron chi connectivity index (χ3n) is 3.63. The zero-order valence-corrected chi connectivity index (χ0v) is 15.5. The van der Waals surface area contributed by atoms with Gasteiger partial charge in [-0.3, -0.25) is 4.79 Å². The van der Waals surface area contributed by atoms with Crippen LogP contribution in [-0.2, 0) is 0 Å². The van der Waals surface area contributed by atoms with Crippen LogP contribution < -0.4 is 10.1 Å². The Labute approximate surface area is 154 Å². The number of hydrogen-bond donors (Lipinski definition) is 1. The predicted octanol–water partition coefficient (Wildman–Crippen LogP) is 5.06. The molecule has 0 saturated heterocycles. The first kappa shape index (κ1) is 17.2. The van der Waals surface area contributed by atoms with E-state index >= 15 is 0 Å². The summed E-state index contributed by atoms with van der Waals surface area (Å²) in [6, 6.07) is 14.8. The number of halogens is 1. The highest BCUT2D eigenvalue weighted by Crippen LogP contribution is 2.27. The Balaban J connectivity index is 1.85. The second kappa shape index (κ2) is 7.53. The number of nitrogens with zero attached hydrogens (tertiary/aromatic N) is 1. The zero-order valence-electron chi connectivity index (χ0n) is 13.9. The minimum atomic E-state index is -0.263. The van der Waals surface area contributed by atoms with E-state index in [-0.39, 0.29) is 5.91 Å². The first-order valence-corrected chi connectivity index (χ1v) is 8.64. The molecular formula is C19H17BrN2O3. The summed E-state index contributed by atoms with van der Waals surface area (Å²) in [7, 11) is 0. The van der Waals surface area contributed by atoms with Gasteiger partial charge in [-0.1, -0.05) is 33.2 Å². The van der Waals surface area contributed by atoms with Crippen LogP contribution in [0, 0.1) is 6.92 Å². The molecule has 0 atom stereocenters. The standard InChI is InChI=1S/C19H17BrN2O3/c1-3-24-16-10-8-15(9-11-16)21-19(23)17-12(2)25-22-18(17)13-4-6-14(20)7-5-13/h4-11H,3H2,1-2H3,(H,21,23). The van der Waals surface area contributed by atoms with Crippen molar-refractivity contribution >= 4 is 27.5 Å².